The number of rotatable bonds is 4. The summed E-state index contributed by atoms with van der Waals surface area (Å²) in [6.07, 6.45) is 1.58. The van der Waals surface area contributed by atoms with Crippen LogP contribution in [0, 0.1) is 13.8 Å². The first kappa shape index (κ1) is 15.8. The quantitative estimate of drug-likeness (QED) is 0.938. The Kier molecular flexibility index (Phi) is 4.65. The number of nitrogens with zero attached hydrogens (tertiary/aromatic N) is 3. The van der Waals surface area contributed by atoms with E-state index in [9.17, 15) is 4.79 Å². The molecule has 0 bridgehead atoms. The van der Waals surface area contributed by atoms with Gasteiger partial charge in [0.2, 0.25) is 5.88 Å². The number of nitrogens with one attached hydrogen (secondary N) is 1. The number of hydrogen-bond acceptors (Lipinski definition) is 5. The number of aryl methyl sites for hydroxylation is 2. The average Bonchev–Trinajstić information content (AvgIpc) is 2.79. The van der Waals surface area contributed by atoms with E-state index in [1.165, 1.54) is 4.90 Å². The van der Waals surface area contributed by atoms with Crippen LogP contribution in [0.3, 0.4) is 0 Å². The van der Waals surface area contributed by atoms with E-state index in [0.29, 0.717) is 28.7 Å². The molecule has 2 aromatic heterocycles. The second-order valence-electron chi connectivity index (χ2n) is 5.18. The van der Waals surface area contributed by atoms with Crippen LogP contribution in [0.2, 0.25) is 0 Å². The molecule has 0 saturated heterocycles. The number of ether oxygens (including phenoxy) is 1. The zero-order valence-corrected chi connectivity index (χ0v) is 13.4. The number of urea groups is 1. The number of anilines is 2. The zero-order valence-electron chi connectivity index (χ0n) is 13.4. The minimum absolute atomic E-state index is 0.0363. The fraction of sp³-hybridized carbons (Fsp3) is 0.400. The van der Waals surface area contributed by atoms with Crippen molar-refractivity contribution in [3.05, 3.63) is 29.8 Å². The maximum Gasteiger partial charge on any atom is 0.326 e. The lowest BCUT2D eigenvalue weighted by atomic mass is 10.3. The van der Waals surface area contributed by atoms with Gasteiger partial charge < -0.3 is 14.6 Å². The van der Waals surface area contributed by atoms with E-state index in [4.69, 9.17) is 9.26 Å². The second-order valence-corrected chi connectivity index (χ2v) is 5.18. The van der Waals surface area contributed by atoms with Crippen molar-refractivity contribution in [1.82, 2.24) is 10.1 Å². The maximum atomic E-state index is 12.4. The van der Waals surface area contributed by atoms with Gasteiger partial charge >= 0.3 is 6.03 Å². The molecule has 2 heterocycles. The lowest BCUT2D eigenvalue weighted by Gasteiger charge is -2.19. The van der Waals surface area contributed by atoms with Crippen molar-refractivity contribution in [3.63, 3.8) is 0 Å². The molecule has 0 atom stereocenters. The number of carbonyl (C=O) groups is 1. The van der Waals surface area contributed by atoms with Crippen molar-refractivity contribution in [1.29, 1.82) is 0 Å². The van der Waals surface area contributed by atoms with Gasteiger partial charge in [0.05, 0.1) is 6.10 Å². The molecule has 0 aromatic carbocycles. The summed E-state index contributed by atoms with van der Waals surface area (Å²) in [5.74, 6) is 0.970. The van der Waals surface area contributed by atoms with Gasteiger partial charge in [0, 0.05) is 13.2 Å². The number of pyridine rings is 1. The molecule has 7 heteroatoms. The van der Waals surface area contributed by atoms with Crippen LogP contribution in [0.4, 0.5) is 16.2 Å². The first-order chi connectivity index (χ1) is 10.4. The molecular formula is C15H20N4O3. The fourth-order valence-corrected chi connectivity index (χ4v) is 2.06. The van der Waals surface area contributed by atoms with Crippen LogP contribution in [-0.2, 0) is 0 Å². The molecule has 1 N–H and O–H groups in total. The summed E-state index contributed by atoms with van der Waals surface area (Å²) >= 11 is 0. The normalized spacial score (nSPS) is 10.6. The number of carbonyl (C=O) groups excluding carboxylic acids is 1. The van der Waals surface area contributed by atoms with E-state index < -0.39 is 0 Å². The lowest BCUT2D eigenvalue weighted by Crippen LogP contribution is -2.32. The summed E-state index contributed by atoms with van der Waals surface area (Å²) in [7, 11) is 1.65. The fourth-order valence-electron chi connectivity index (χ4n) is 2.06. The third-order valence-corrected chi connectivity index (χ3v) is 3.00. The van der Waals surface area contributed by atoms with E-state index in [0.717, 1.165) is 0 Å². The molecule has 0 fully saturated rings. The molecule has 2 aromatic rings. The molecule has 0 unspecified atom stereocenters. The average molecular weight is 304 g/mol. The lowest BCUT2D eigenvalue weighted by molar-refractivity contribution is 0.233. The van der Waals surface area contributed by atoms with E-state index in [-0.39, 0.29) is 12.1 Å². The Morgan fingerprint density at radius 2 is 2.14 bits per heavy atom. The Bertz CT molecular complexity index is 647. The summed E-state index contributed by atoms with van der Waals surface area (Å²) in [6, 6.07) is 3.15. The van der Waals surface area contributed by atoms with Gasteiger partial charge in [-0.15, -0.1) is 0 Å². The molecule has 0 spiro atoms. The molecule has 0 radical (unpaired) electrons. The number of hydrogen-bond donors (Lipinski definition) is 1. The van der Waals surface area contributed by atoms with Crippen molar-refractivity contribution in [2.45, 2.75) is 33.8 Å². The standard InChI is InChI=1S/C15H20N4O3/c1-9(2)21-14-12(7-6-8-16-14)17-15(20)19(5)13-10(3)18-22-11(13)4/h6-9H,1-5H3,(H,17,20). The second kappa shape index (κ2) is 6.46. The Morgan fingerprint density at radius 3 is 2.73 bits per heavy atom. The zero-order chi connectivity index (χ0) is 16.3. The smallest absolute Gasteiger partial charge is 0.326 e. The number of amides is 2. The maximum absolute atomic E-state index is 12.4. The van der Waals surface area contributed by atoms with Crippen LogP contribution in [0.25, 0.3) is 0 Å². The van der Waals surface area contributed by atoms with Gasteiger partial charge in [-0.3, -0.25) is 4.90 Å². The van der Waals surface area contributed by atoms with Gasteiger partial charge in [-0.1, -0.05) is 5.16 Å². The van der Waals surface area contributed by atoms with E-state index in [1.807, 2.05) is 13.8 Å². The summed E-state index contributed by atoms with van der Waals surface area (Å²) < 4.78 is 10.7. The summed E-state index contributed by atoms with van der Waals surface area (Å²) in [5.41, 5.74) is 1.81. The summed E-state index contributed by atoms with van der Waals surface area (Å²) in [4.78, 5) is 18.0. The molecule has 0 aliphatic heterocycles. The third-order valence-electron chi connectivity index (χ3n) is 3.00. The predicted molar refractivity (Wildman–Crippen MR) is 83.4 cm³/mol. The minimum atomic E-state index is -0.323. The largest absolute Gasteiger partial charge is 0.473 e. The molecule has 0 saturated carbocycles. The highest BCUT2D eigenvalue weighted by Crippen LogP contribution is 2.26. The van der Waals surface area contributed by atoms with Gasteiger partial charge in [-0.05, 0) is 39.8 Å². The Labute approximate surface area is 129 Å². The van der Waals surface area contributed by atoms with Crippen LogP contribution in [0.1, 0.15) is 25.3 Å². The monoisotopic (exact) mass is 304 g/mol. The molecule has 2 rings (SSSR count). The predicted octanol–water partition coefficient (Wildman–Crippen LogP) is 3.14. The van der Waals surface area contributed by atoms with Crippen LogP contribution >= 0.6 is 0 Å². The molecule has 2 amide bonds. The highest BCUT2D eigenvalue weighted by Gasteiger charge is 2.20. The molecule has 118 valence electrons. The van der Waals surface area contributed by atoms with Crippen LogP contribution in [0.5, 0.6) is 5.88 Å². The number of aromatic nitrogens is 2. The molecular weight excluding hydrogens is 284 g/mol. The Morgan fingerprint density at radius 1 is 1.41 bits per heavy atom. The van der Waals surface area contributed by atoms with Crippen LogP contribution in [-0.4, -0.2) is 29.3 Å². The molecule has 0 aliphatic carbocycles. The SMILES string of the molecule is Cc1noc(C)c1N(C)C(=O)Nc1cccnc1OC(C)C. The third kappa shape index (κ3) is 3.36. The Balaban J connectivity index is 2.19. The van der Waals surface area contributed by atoms with E-state index in [1.54, 1.807) is 39.2 Å². The topological polar surface area (TPSA) is 80.5 Å². The van der Waals surface area contributed by atoms with Crippen molar-refractivity contribution >= 4 is 17.4 Å². The molecule has 0 aliphatic rings. The molecule has 22 heavy (non-hydrogen) atoms. The summed E-state index contributed by atoms with van der Waals surface area (Å²) in [6.45, 7) is 7.34. The van der Waals surface area contributed by atoms with Gasteiger partial charge in [-0.2, -0.15) is 0 Å². The highest BCUT2D eigenvalue weighted by atomic mass is 16.5. The highest BCUT2D eigenvalue weighted by molar-refractivity contribution is 6.02. The first-order valence-electron chi connectivity index (χ1n) is 6.99. The summed E-state index contributed by atoms with van der Waals surface area (Å²) in [5, 5.41) is 6.64. The molecule has 7 nitrogen and oxygen atoms in total. The van der Waals surface area contributed by atoms with E-state index in [2.05, 4.69) is 15.5 Å². The van der Waals surface area contributed by atoms with E-state index >= 15 is 0 Å². The minimum Gasteiger partial charge on any atom is -0.473 e. The van der Waals surface area contributed by atoms with Crippen molar-refractivity contribution in [2.75, 3.05) is 17.3 Å². The Hall–Kier alpha value is -2.57. The van der Waals surface area contributed by atoms with Crippen molar-refractivity contribution < 1.29 is 14.1 Å². The van der Waals surface area contributed by atoms with Crippen molar-refractivity contribution in [2.24, 2.45) is 0 Å². The van der Waals surface area contributed by atoms with Gasteiger partial charge in [0.25, 0.3) is 0 Å². The first-order valence-corrected chi connectivity index (χ1v) is 6.99. The van der Waals surface area contributed by atoms with Gasteiger partial charge in [-0.25, -0.2) is 9.78 Å². The van der Waals surface area contributed by atoms with Crippen LogP contribution in [0.15, 0.2) is 22.9 Å². The van der Waals surface area contributed by atoms with Gasteiger partial charge in [0.15, 0.2) is 5.76 Å². The van der Waals surface area contributed by atoms with Crippen molar-refractivity contribution in [3.8, 4) is 5.88 Å². The van der Waals surface area contributed by atoms with Gasteiger partial charge in [0.1, 0.15) is 17.1 Å². The van der Waals surface area contributed by atoms with Crippen LogP contribution < -0.4 is 15.0 Å².